The van der Waals surface area contributed by atoms with Crippen LogP contribution in [-0.2, 0) is 4.74 Å². The zero-order chi connectivity index (χ0) is 20.9. The molecule has 2 aromatic carbocycles. The van der Waals surface area contributed by atoms with Crippen molar-refractivity contribution in [1.82, 2.24) is 4.98 Å². The van der Waals surface area contributed by atoms with Crippen LogP contribution in [-0.4, -0.2) is 37.3 Å². The minimum Gasteiger partial charge on any atom is -0.493 e. The van der Waals surface area contributed by atoms with Crippen molar-refractivity contribution in [2.75, 3.05) is 25.2 Å². The molecule has 1 aromatic heterocycles. The Bertz CT molecular complexity index is 1020. The van der Waals surface area contributed by atoms with Gasteiger partial charge in [-0.3, -0.25) is 14.7 Å². The number of aromatic nitrogens is 1. The summed E-state index contributed by atoms with van der Waals surface area (Å²) >= 11 is 6.21. The van der Waals surface area contributed by atoms with E-state index in [-0.39, 0.29) is 12.0 Å². The normalized spacial score (nSPS) is 15.6. The van der Waals surface area contributed by atoms with E-state index in [2.05, 4.69) is 4.98 Å². The average Bonchev–Trinajstić information content (AvgIpc) is 3.28. The van der Waals surface area contributed by atoms with Gasteiger partial charge in [-0.15, -0.1) is 0 Å². The average molecular weight is 425 g/mol. The van der Waals surface area contributed by atoms with Crippen molar-refractivity contribution in [2.24, 2.45) is 0 Å². The van der Waals surface area contributed by atoms with E-state index < -0.39 is 0 Å². The van der Waals surface area contributed by atoms with Gasteiger partial charge in [-0.05, 0) is 42.5 Å². The van der Waals surface area contributed by atoms with E-state index >= 15 is 0 Å². The molecule has 0 unspecified atom stereocenters. The predicted octanol–water partition coefficient (Wildman–Crippen LogP) is 4.89. The van der Waals surface area contributed by atoms with Gasteiger partial charge in [0.15, 0.2) is 11.5 Å². The number of amides is 1. The monoisotopic (exact) mass is 424 g/mol. The van der Waals surface area contributed by atoms with Gasteiger partial charge in [-0.25, -0.2) is 0 Å². The van der Waals surface area contributed by atoms with Crippen LogP contribution < -0.4 is 14.4 Å². The van der Waals surface area contributed by atoms with Crippen molar-refractivity contribution in [3.8, 4) is 11.5 Å². The molecule has 0 radical (unpaired) electrons. The van der Waals surface area contributed by atoms with Crippen molar-refractivity contribution >= 4 is 28.9 Å². The first-order valence-electron chi connectivity index (χ1n) is 9.58. The highest BCUT2D eigenvalue weighted by Crippen LogP contribution is 2.37. The molecule has 0 spiro atoms. The third-order valence-electron chi connectivity index (χ3n) is 4.76. The first-order chi connectivity index (χ1) is 14.7. The summed E-state index contributed by atoms with van der Waals surface area (Å²) < 4.78 is 17.0. The zero-order valence-electron chi connectivity index (χ0n) is 16.5. The zero-order valence-corrected chi connectivity index (χ0v) is 17.2. The smallest absolute Gasteiger partial charge is 0.264 e. The second-order valence-corrected chi connectivity index (χ2v) is 7.24. The van der Waals surface area contributed by atoms with Gasteiger partial charge >= 0.3 is 0 Å². The molecule has 1 aliphatic rings. The molecule has 1 fully saturated rings. The van der Waals surface area contributed by atoms with Crippen LogP contribution >= 0.6 is 11.6 Å². The molecular formula is C23H21ClN2O4. The van der Waals surface area contributed by atoms with Crippen molar-refractivity contribution in [3.05, 3.63) is 77.6 Å². The van der Waals surface area contributed by atoms with Crippen molar-refractivity contribution in [2.45, 2.75) is 12.5 Å². The fraction of sp³-hybridized carbons (Fsp3) is 0.217. The highest BCUT2D eigenvalue weighted by atomic mass is 35.5. The minimum atomic E-state index is -0.231. The van der Waals surface area contributed by atoms with E-state index in [1.807, 2.05) is 12.1 Å². The molecule has 30 heavy (non-hydrogen) atoms. The molecular weight excluding hydrogens is 404 g/mol. The SMILES string of the molecule is COc1ccc(N(C(=O)c2cccnc2)c2cccc(Cl)c2)cc1O[C@@H]1CCOC1. The van der Waals surface area contributed by atoms with E-state index in [0.717, 1.165) is 6.42 Å². The van der Waals surface area contributed by atoms with Crippen molar-refractivity contribution in [3.63, 3.8) is 0 Å². The first kappa shape index (κ1) is 20.2. The minimum absolute atomic E-state index is 0.0530. The number of pyridine rings is 1. The van der Waals surface area contributed by atoms with Crippen molar-refractivity contribution < 1.29 is 19.0 Å². The Labute approximate surface area is 180 Å². The molecule has 1 aliphatic heterocycles. The van der Waals surface area contributed by atoms with Gasteiger partial charge in [0.1, 0.15) is 6.10 Å². The van der Waals surface area contributed by atoms with Gasteiger partial charge in [0, 0.05) is 29.9 Å². The molecule has 0 aliphatic carbocycles. The first-order valence-corrected chi connectivity index (χ1v) is 9.96. The lowest BCUT2D eigenvalue weighted by atomic mass is 10.1. The molecule has 154 valence electrons. The van der Waals surface area contributed by atoms with Crippen LogP contribution in [0.15, 0.2) is 67.0 Å². The number of hydrogen-bond acceptors (Lipinski definition) is 5. The van der Waals surface area contributed by atoms with E-state index in [4.69, 9.17) is 25.8 Å². The Balaban J connectivity index is 1.77. The van der Waals surface area contributed by atoms with Gasteiger partial charge in [-0.1, -0.05) is 17.7 Å². The number of carbonyl (C=O) groups excluding carboxylic acids is 1. The molecule has 6 nitrogen and oxygen atoms in total. The van der Waals surface area contributed by atoms with Crippen LogP contribution in [0, 0.1) is 0 Å². The van der Waals surface area contributed by atoms with Crippen LogP contribution in [0.3, 0.4) is 0 Å². The molecule has 0 bridgehead atoms. The topological polar surface area (TPSA) is 60.9 Å². The van der Waals surface area contributed by atoms with Crippen LogP contribution in [0.5, 0.6) is 11.5 Å². The Kier molecular flexibility index (Phi) is 6.16. The lowest BCUT2D eigenvalue weighted by Crippen LogP contribution is -2.26. The molecule has 7 heteroatoms. The Hall–Kier alpha value is -3.09. The van der Waals surface area contributed by atoms with Gasteiger partial charge in [-0.2, -0.15) is 0 Å². The van der Waals surface area contributed by atoms with Gasteiger partial charge < -0.3 is 14.2 Å². The third-order valence-corrected chi connectivity index (χ3v) is 5.00. The summed E-state index contributed by atoms with van der Waals surface area (Å²) in [7, 11) is 1.59. The van der Waals surface area contributed by atoms with Crippen LogP contribution in [0.4, 0.5) is 11.4 Å². The summed E-state index contributed by atoms with van der Waals surface area (Å²) in [5, 5.41) is 0.532. The van der Waals surface area contributed by atoms with E-state index in [1.54, 1.807) is 60.7 Å². The standard InChI is InChI=1S/C23H21ClN2O4/c1-28-21-8-7-19(13-22(21)30-20-9-11-29-15-20)26(18-6-2-5-17(24)12-18)23(27)16-4-3-10-25-14-16/h2-8,10,12-14,20H,9,11,15H2,1H3/t20-/m1/s1. The van der Waals surface area contributed by atoms with Gasteiger partial charge in [0.2, 0.25) is 0 Å². The van der Waals surface area contributed by atoms with Gasteiger partial charge in [0.05, 0.1) is 37.3 Å². The number of carbonyl (C=O) groups is 1. The largest absolute Gasteiger partial charge is 0.493 e. The molecule has 1 amide bonds. The van der Waals surface area contributed by atoms with E-state index in [1.165, 1.54) is 6.20 Å². The number of ether oxygens (including phenoxy) is 3. The second kappa shape index (κ2) is 9.15. The summed E-state index contributed by atoms with van der Waals surface area (Å²) in [5.74, 6) is 0.910. The maximum atomic E-state index is 13.4. The fourth-order valence-electron chi connectivity index (χ4n) is 3.30. The lowest BCUT2D eigenvalue weighted by Gasteiger charge is -2.25. The lowest BCUT2D eigenvalue weighted by molar-refractivity contribution is 0.0999. The number of benzene rings is 2. The quantitative estimate of drug-likeness (QED) is 0.563. The predicted molar refractivity (Wildman–Crippen MR) is 115 cm³/mol. The molecule has 4 rings (SSSR count). The molecule has 1 atom stereocenters. The van der Waals surface area contributed by atoms with Crippen LogP contribution in [0.1, 0.15) is 16.8 Å². The summed E-state index contributed by atoms with van der Waals surface area (Å²) in [6, 6.07) is 16.0. The second-order valence-electron chi connectivity index (χ2n) is 6.80. The number of nitrogens with zero attached hydrogens (tertiary/aromatic N) is 2. The number of rotatable bonds is 6. The maximum Gasteiger partial charge on any atom is 0.264 e. The Morgan fingerprint density at radius 2 is 2.00 bits per heavy atom. The number of methoxy groups -OCH3 is 1. The molecule has 2 heterocycles. The molecule has 1 saturated heterocycles. The summed E-state index contributed by atoms with van der Waals surface area (Å²) in [5.41, 5.74) is 1.72. The van der Waals surface area contributed by atoms with Gasteiger partial charge in [0.25, 0.3) is 5.91 Å². The Morgan fingerprint density at radius 3 is 2.70 bits per heavy atom. The van der Waals surface area contributed by atoms with Crippen LogP contribution in [0.2, 0.25) is 5.02 Å². The van der Waals surface area contributed by atoms with Crippen LogP contribution in [0.25, 0.3) is 0 Å². The maximum absolute atomic E-state index is 13.4. The summed E-state index contributed by atoms with van der Waals surface area (Å²) in [6.07, 6.45) is 3.92. The fourth-order valence-corrected chi connectivity index (χ4v) is 3.48. The van der Waals surface area contributed by atoms with E-state index in [0.29, 0.717) is 46.7 Å². The van der Waals surface area contributed by atoms with Crippen molar-refractivity contribution in [1.29, 1.82) is 0 Å². The summed E-state index contributed by atoms with van der Waals surface area (Å²) in [4.78, 5) is 19.1. The highest BCUT2D eigenvalue weighted by Gasteiger charge is 2.24. The number of hydrogen-bond donors (Lipinski definition) is 0. The number of halogens is 1. The Morgan fingerprint density at radius 1 is 1.13 bits per heavy atom. The highest BCUT2D eigenvalue weighted by molar-refractivity contribution is 6.31. The molecule has 0 N–H and O–H groups in total. The molecule has 3 aromatic rings. The number of anilines is 2. The third kappa shape index (κ3) is 4.40. The van der Waals surface area contributed by atoms with E-state index in [9.17, 15) is 4.79 Å². The summed E-state index contributed by atoms with van der Waals surface area (Å²) in [6.45, 7) is 1.20. The molecule has 0 saturated carbocycles.